The summed E-state index contributed by atoms with van der Waals surface area (Å²) < 4.78 is 5.22. The Balaban J connectivity index is 1.35. The van der Waals surface area contributed by atoms with Gasteiger partial charge in [0.25, 0.3) is 0 Å². The first-order valence-corrected chi connectivity index (χ1v) is 16.8. The van der Waals surface area contributed by atoms with Gasteiger partial charge < -0.3 is 4.90 Å². The number of hydrogen-bond acceptors (Lipinski definition) is 3. The highest BCUT2D eigenvalue weighted by molar-refractivity contribution is 7.27. The molecule has 0 amide bonds. The van der Waals surface area contributed by atoms with Gasteiger partial charge in [-0.2, -0.15) is 0 Å². The summed E-state index contributed by atoms with van der Waals surface area (Å²) in [6, 6.07) is 59.5. The van der Waals surface area contributed by atoms with E-state index in [4.69, 9.17) is 0 Å². The average molecular weight is 610 g/mol. The Morgan fingerprint density at radius 1 is 0.356 bits per heavy atom. The average Bonchev–Trinajstić information content (AvgIpc) is 3.69. The van der Waals surface area contributed by atoms with Crippen LogP contribution < -0.4 is 4.90 Å². The number of anilines is 3. The number of fused-ring (bicyclic) bond motifs is 6. The van der Waals surface area contributed by atoms with Gasteiger partial charge >= 0.3 is 0 Å². The molecule has 0 N–H and O–H groups in total. The molecule has 0 unspecified atom stereocenters. The van der Waals surface area contributed by atoms with Crippen molar-refractivity contribution < 1.29 is 0 Å². The highest BCUT2D eigenvalue weighted by atomic mass is 32.1. The van der Waals surface area contributed by atoms with E-state index in [1.54, 1.807) is 0 Å². The summed E-state index contributed by atoms with van der Waals surface area (Å²) in [7, 11) is 0. The van der Waals surface area contributed by atoms with Gasteiger partial charge in [0, 0.05) is 41.3 Å². The van der Waals surface area contributed by atoms with E-state index in [2.05, 4.69) is 169 Å². The van der Waals surface area contributed by atoms with Gasteiger partial charge in [0.15, 0.2) is 0 Å². The first kappa shape index (κ1) is 26.2. The van der Waals surface area contributed by atoms with Gasteiger partial charge in [0.1, 0.15) is 0 Å². The summed E-state index contributed by atoms with van der Waals surface area (Å²) >= 11 is 3.77. The van der Waals surface area contributed by atoms with Crippen molar-refractivity contribution >= 4 is 80.1 Å². The first-order chi connectivity index (χ1) is 22.3. The molecule has 0 aliphatic rings. The number of thiophene rings is 2. The maximum absolute atomic E-state index is 2.49. The molecule has 2 heterocycles. The minimum absolute atomic E-state index is 1.14. The van der Waals surface area contributed by atoms with Crippen LogP contribution in [0.1, 0.15) is 0 Å². The Hall–Kier alpha value is -5.22. The molecular formula is C42H27NS2. The predicted molar refractivity (Wildman–Crippen MR) is 198 cm³/mol. The Morgan fingerprint density at radius 3 is 1.69 bits per heavy atom. The lowest BCUT2D eigenvalue weighted by Crippen LogP contribution is -2.10. The van der Waals surface area contributed by atoms with Crippen molar-refractivity contribution in [3.8, 4) is 22.3 Å². The van der Waals surface area contributed by atoms with Gasteiger partial charge in [0.2, 0.25) is 0 Å². The minimum Gasteiger partial charge on any atom is -0.308 e. The molecule has 9 aromatic rings. The van der Waals surface area contributed by atoms with Crippen molar-refractivity contribution in [1.82, 2.24) is 0 Å². The van der Waals surface area contributed by atoms with E-state index in [0.29, 0.717) is 0 Å². The molecule has 0 saturated heterocycles. The second-order valence-corrected chi connectivity index (χ2v) is 13.4. The SMILES string of the molecule is c1ccc(-c2ccc(N(c3cccc4c3sc3ccccc34)c3ccc(-c4ccccc4)c4sc5ccccc5c34)cc2)cc1. The van der Waals surface area contributed by atoms with Crippen molar-refractivity contribution in [3.05, 3.63) is 164 Å². The van der Waals surface area contributed by atoms with Gasteiger partial charge in [-0.3, -0.25) is 0 Å². The molecule has 0 fully saturated rings. The summed E-state index contributed by atoms with van der Waals surface area (Å²) in [4.78, 5) is 2.49. The molecule has 0 aliphatic carbocycles. The fourth-order valence-electron chi connectivity index (χ4n) is 6.59. The van der Waals surface area contributed by atoms with Crippen LogP contribution in [0, 0.1) is 0 Å². The van der Waals surface area contributed by atoms with E-state index in [0.717, 1.165) is 5.69 Å². The molecule has 0 atom stereocenters. The summed E-state index contributed by atoms with van der Waals surface area (Å²) in [5, 5.41) is 5.19. The van der Waals surface area contributed by atoms with Crippen LogP contribution in [0.25, 0.3) is 62.6 Å². The van der Waals surface area contributed by atoms with Crippen LogP contribution in [-0.2, 0) is 0 Å². The smallest absolute Gasteiger partial charge is 0.0640 e. The summed E-state index contributed by atoms with van der Waals surface area (Å²) in [5.41, 5.74) is 8.49. The van der Waals surface area contributed by atoms with Crippen LogP contribution in [0.5, 0.6) is 0 Å². The maximum Gasteiger partial charge on any atom is 0.0640 e. The Labute approximate surface area is 269 Å². The summed E-state index contributed by atoms with van der Waals surface area (Å²) in [6.07, 6.45) is 0. The topological polar surface area (TPSA) is 3.24 Å². The lowest BCUT2D eigenvalue weighted by atomic mass is 9.99. The molecule has 45 heavy (non-hydrogen) atoms. The highest BCUT2D eigenvalue weighted by Gasteiger charge is 2.23. The summed E-state index contributed by atoms with van der Waals surface area (Å²) in [6.45, 7) is 0. The van der Waals surface area contributed by atoms with Gasteiger partial charge in [-0.15, -0.1) is 22.7 Å². The zero-order chi connectivity index (χ0) is 29.7. The molecule has 9 rings (SSSR count). The normalized spacial score (nSPS) is 11.6. The van der Waals surface area contributed by atoms with Crippen LogP contribution in [0.2, 0.25) is 0 Å². The molecule has 0 radical (unpaired) electrons. The Morgan fingerprint density at radius 2 is 0.933 bits per heavy atom. The number of nitrogens with zero attached hydrogens (tertiary/aromatic N) is 1. The van der Waals surface area contributed by atoms with Crippen LogP contribution >= 0.6 is 22.7 Å². The zero-order valence-corrected chi connectivity index (χ0v) is 26.0. The van der Waals surface area contributed by atoms with Crippen molar-refractivity contribution in [3.63, 3.8) is 0 Å². The van der Waals surface area contributed by atoms with E-state index in [1.165, 1.54) is 74.0 Å². The lowest BCUT2D eigenvalue weighted by Gasteiger charge is -2.28. The Bertz CT molecular complexity index is 2470. The third kappa shape index (κ3) is 4.35. The van der Waals surface area contributed by atoms with E-state index >= 15 is 0 Å². The number of hydrogen-bond donors (Lipinski definition) is 0. The molecular weight excluding hydrogens is 583 g/mol. The minimum atomic E-state index is 1.14. The van der Waals surface area contributed by atoms with E-state index in [1.807, 2.05) is 22.7 Å². The second-order valence-electron chi connectivity index (χ2n) is 11.3. The molecule has 2 aromatic heterocycles. The van der Waals surface area contributed by atoms with Crippen molar-refractivity contribution in [2.45, 2.75) is 0 Å². The van der Waals surface area contributed by atoms with Gasteiger partial charge in [-0.25, -0.2) is 0 Å². The largest absolute Gasteiger partial charge is 0.308 e. The molecule has 0 saturated carbocycles. The molecule has 212 valence electrons. The van der Waals surface area contributed by atoms with Gasteiger partial charge in [0.05, 0.1) is 16.1 Å². The number of benzene rings is 7. The molecule has 7 aromatic carbocycles. The fraction of sp³-hybridized carbons (Fsp3) is 0. The maximum atomic E-state index is 2.49. The molecule has 3 heteroatoms. The third-order valence-corrected chi connectivity index (χ3v) is 11.1. The monoisotopic (exact) mass is 609 g/mol. The lowest BCUT2D eigenvalue weighted by molar-refractivity contribution is 1.32. The van der Waals surface area contributed by atoms with E-state index in [-0.39, 0.29) is 0 Å². The van der Waals surface area contributed by atoms with Crippen LogP contribution in [0.4, 0.5) is 17.1 Å². The van der Waals surface area contributed by atoms with Crippen molar-refractivity contribution in [1.29, 1.82) is 0 Å². The fourth-order valence-corrected chi connectivity index (χ4v) is 9.06. The summed E-state index contributed by atoms with van der Waals surface area (Å²) in [5.74, 6) is 0. The van der Waals surface area contributed by atoms with E-state index < -0.39 is 0 Å². The molecule has 0 spiro atoms. The molecule has 0 bridgehead atoms. The first-order valence-electron chi connectivity index (χ1n) is 15.2. The molecule has 1 nitrogen and oxygen atoms in total. The van der Waals surface area contributed by atoms with Crippen LogP contribution in [0.15, 0.2) is 164 Å². The van der Waals surface area contributed by atoms with Crippen molar-refractivity contribution in [2.75, 3.05) is 4.90 Å². The molecule has 0 aliphatic heterocycles. The van der Waals surface area contributed by atoms with Crippen LogP contribution in [0.3, 0.4) is 0 Å². The van der Waals surface area contributed by atoms with Crippen LogP contribution in [-0.4, -0.2) is 0 Å². The van der Waals surface area contributed by atoms with Crippen molar-refractivity contribution in [2.24, 2.45) is 0 Å². The van der Waals surface area contributed by atoms with Gasteiger partial charge in [-0.05, 0) is 58.7 Å². The third-order valence-electron chi connectivity index (χ3n) is 8.69. The predicted octanol–water partition coefficient (Wildman–Crippen LogP) is 13.2. The quantitative estimate of drug-likeness (QED) is 0.188. The highest BCUT2D eigenvalue weighted by Crippen LogP contribution is 2.50. The zero-order valence-electron chi connectivity index (χ0n) is 24.4. The second kappa shape index (κ2) is 10.7. The van der Waals surface area contributed by atoms with Gasteiger partial charge in [-0.1, -0.05) is 127 Å². The van der Waals surface area contributed by atoms with E-state index in [9.17, 15) is 0 Å². The Kier molecular flexibility index (Phi) is 6.26. The standard InChI is InChI=1S/C42H27NS2/c1-3-12-28(13-4-1)29-22-24-31(25-23-29)43(37-19-11-18-34-33-16-7-9-20-38(33)44-41(34)37)36-27-26-32(30-14-5-2-6-15-30)42-40(36)35-17-8-10-21-39(35)45-42/h1-27H. The number of rotatable bonds is 5.